The molecule has 7 heteroatoms. The van der Waals surface area contributed by atoms with Crippen LogP contribution in [-0.2, 0) is 26.1 Å². The second kappa shape index (κ2) is 6.62. The first-order chi connectivity index (χ1) is 12.2. The van der Waals surface area contributed by atoms with Gasteiger partial charge in [0.15, 0.2) is 0 Å². The Kier molecular flexibility index (Phi) is 4.17. The van der Waals surface area contributed by atoms with Crippen LogP contribution in [0.3, 0.4) is 0 Å². The van der Waals surface area contributed by atoms with E-state index in [0.717, 1.165) is 23.6 Å². The summed E-state index contributed by atoms with van der Waals surface area (Å²) < 4.78 is 5.53. The number of pyridine rings is 1. The van der Waals surface area contributed by atoms with Gasteiger partial charge in [-0.1, -0.05) is 0 Å². The molecule has 25 heavy (non-hydrogen) atoms. The quantitative estimate of drug-likeness (QED) is 0.748. The molecule has 0 atom stereocenters. The number of fused-ring (bicyclic) bond motifs is 1. The molecule has 1 aliphatic rings. The van der Waals surface area contributed by atoms with Crippen LogP contribution in [0.1, 0.15) is 22.8 Å². The highest BCUT2D eigenvalue weighted by Crippen LogP contribution is 2.20. The lowest BCUT2D eigenvalue weighted by molar-refractivity contribution is 0.206. The van der Waals surface area contributed by atoms with Gasteiger partial charge in [0.25, 0.3) is 5.56 Å². The Balaban J connectivity index is 1.56. The predicted molar refractivity (Wildman–Crippen MR) is 90.5 cm³/mol. The molecule has 0 radical (unpaired) electrons. The van der Waals surface area contributed by atoms with Crippen LogP contribution in [0.5, 0.6) is 0 Å². The fraction of sp³-hybridized carbons (Fsp3) is 0.278. The van der Waals surface area contributed by atoms with Crippen LogP contribution in [0.2, 0.25) is 0 Å². The lowest BCUT2D eigenvalue weighted by Gasteiger charge is -2.26. The van der Waals surface area contributed by atoms with Gasteiger partial charge in [-0.3, -0.25) is 14.7 Å². The zero-order valence-corrected chi connectivity index (χ0v) is 13.6. The SMILES string of the molecule is O=c1[nH]c(-c2ccncc2)nc2c1CN(Cc1ccc(CO)o1)CC2. The molecule has 0 unspecified atom stereocenters. The van der Waals surface area contributed by atoms with Gasteiger partial charge in [0.2, 0.25) is 0 Å². The Morgan fingerprint density at radius 2 is 2.00 bits per heavy atom. The van der Waals surface area contributed by atoms with Crippen LogP contribution in [0, 0.1) is 0 Å². The summed E-state index contributed by atoms with van der Waals surface area (Å²) in [7, 11) is 0. The zero-order chi connectivity index (χ0) is 17.2. The molecule has 3 aromatic heterocycles. The highest BCUT2D eigenvalue weighted by molar-refractivity contribution is 5.54. The van der Waals surface area contributed by atoms with Gasteiger partial charge in [-0.05, 0) is 24.3 Å². The molecule has 0 spiro atoms. The Morgan fingerprint density at radius 3 is 2.76 bits per heavy atom. The number of nitrogens with zero attached hydrogens (tertiary/aromatic N) is 3. The summed E-state index contributed by atoms with van der Waals surface area (Å²) in [6, 6.07) is 7.28. The maximum atomic E-state index is 12.5. The number of aliphatic hydroxyl groups excluding tert-OH is 1. The van der Waals surface area contributed by atoms with Crippen molar-refractivity contribution in [2.24, 2.45) is 0 Å². The number of aromatic amines is 1. The van der Waals surface area contributed by atoms with Crippen LogP contribution in [-0.4, -0.2) is 31.5 Å². The van der Waals surface area contributed by atoms with E-state index >= 15 is 0 Å². The molecule has 128 valence electrons. The van der Waals surface area contributed by atoms with Gasteiger partial charge in [0.05, 0.1) is 17.8 Å². The first-order valence-corrected chi connectivity index (χ1v) is 8.16. The van der Waals surface area contributed by atoms with E-state index in [0.29, 0.717) is 36.7 Å². The van der Waals surface area contributed by atoms with E-state index < -0.39 is 0 Å². The lowest BCUT2D eigenvalue weighted by Crippen LogP contribution is -2.35. The standard InChI is InChI=1S/C18H18N4O3/c23-11-14-2-1-13(25-14)9-22-8-5-16-15(10-22)18(24)21-17(20-16)12-3-6-19-7-4-12/h1-4,6-7,23H,5,8-11H2,(H,20,21,24). The number of aromatic nitrogens is 3. The molecule has 0 bridgehead atoms. The molecule has 2 N–H and O–H groups in total. The summed E-state index contributed by atoms with van der Waals surface area (Å²) in [6.45, 7) is 1.83. The molecular formula is C18H18N4O3. The van der Waals surface area contributed by atoms with Gasteiger partial charge >= 0.3 is 0 Å². The minimum Gasteiger partial charge on any atom is -0.462 e. The molecule has 0 aromatic carbocycles. The molecule has 0 aliphatic carbocycles. The fourth-order valence-electron chi connectivity index (χ4n) is 3.08. The van der Waals surface area contributed by atoms with E-state index in [1.165, 1.54) is 0 Å². The summed E-state index contributed by atoms with van der Waals surface area (Å²) in [5.41, 5.74) is 2.31. The summed E-state index contributed by atoms with van der Waals surface area (Å²) in [5.74, 6) is 1.91. The number of aliphatic hydroxyl groups is 1. The number of hydrogen-bond donors (Lipinski definition) is 2. The summed E-state index contributed by atoms with van der Waals surface area (Å²) in [6.07, 6.45) is 4.08. The van der Waals surface area contributed by atoms with Crippen molar-refractivity contribution in [3.05, 3.63) is 69.8 Å². The van der Waals surface area contributed by atoms with Gasteiger partial charge in [-0.2, -0.15) is 0 Å². The Bertz CT molecular complexity index is 933. The summed E-state index contributed by atoms with van der Waals surface area (Å²) >= 11 is 0. The molecule has 0 saturated heterocycles. The summed E-state index contributed by atoms with van der Waals surface area (Å²) in [5, 5.41) is 9.08. The van der Waals surface area contributed by atoms with Crippen LogP contribution >= 0.6 is 0 Å². The van der Waals surface area contributed by atoms with Crippen molar-refractivity contribution in [1.29, 1.82) is 0 Å². The molecule has 0 saturated carbocycles. The molecule has 0 fully saturated rings. The van der Waals surface area contributed by atoms with Crippen molar-refractivity contribution >= 4 is 0 Å². The average Bonchev–Trinajstić information content (AvgIpc) is 3.10. The van der Waals surface area contributed by atoms with Crippen LogP contribution in [0.25, 0.3) is 11.4 Å². The zero-order valence-electron chi connectivity index (χ0n) is 13.6. The third kappa shape index (κ3) is 3.24. The Labute approximate surface area is 144 Å². The maximum absolute atomic E-state index is 12.5. The third-order valence-electron chi connectivity index (χ3n) is 4.35. The molecule has 1 aliphatic heterocycles. The predicted octanol–water partition coefficient (Wildman–Crippen LogP) is 1.48. The summed E-state index contributed by atoms with van der Waals surface area (Å²) in [4.78, 5) is 26.2. The number of hydrogen-bond acceptors (Lipinski definition) is 6. The van der Waals surface area contributed by atoms with E-state index in [1.807, 2.05) is 18.2 Å². The third-order valence-corrected chi connectivity index (χ3v) is 4.35. The lowest BCUT2D eigenvalue weighted by atomic mass is 10.1. The van der Waals surface area contributed by atoms with E-state index in [-0.39, 0.29) is 12.2 Å². The van der Waals surface area contributed by atoms with Gasteiger partial charge in [-0.25, -0.2) is 4.98 Å². The second-order valence-electron chi connectivity index (χ2n) is 6.06. The van der Waals surface area contributed by atoms with Gasteiger partial charge < -0.3 is 14.5 Å². The van der Waals surface area contributed by atoms with Crippen LogP contribution < -0.4 is 5.56 Å². The smallest absolute Gasteiger partial charge is 0.255 e. The second-order valence-corrected chi connectivity index (χ2v) is 6.06. The molecule has 4 heterocycles. The van der Waals surface area contributed by atoms with Gasteiger partial charge in [0.1, 0.15) is 24.0 Å². The molecule has 4 rings (SSSR count). The van der Waals surface area contributed by atoms with E-state index in [9.17, 15) is 4.79 Å². The number of nitrogens with one attached hydrogen (secondary N) is 1. The molecule has 7 nitrogen and oxygen atoms in total. The van der Waals surface area contributed by atoms with Crippen molar-refractivity contribution in [2.75, 3.05) is 6.54 Å². The first-order valence-electron chi connectivity index (χ1n) is 8.16. The van der Waals surface area contributed by atoms with Gasteiger partial charge in [-0.15, -0.1) is 0 Å². The minimum atomic E-state index is -0.107. The normalized spacial score (nSPS) is 14.4. The monoisotopic (exact) mass is 338 g/mol. The maximum Gasteiger partial charge on any atom is 0.255 e. The molecule has 3 aromatic rings. The van der Waals surface area contributed by atoms with E-state index in [4.69, 9.17) is 9.52 Å². The first kappa shape index (κ1) is 15.7. The van der Waals surface area contributed by atoms with Crippen molar-refractivity contribution < 1.29 is 9.52 Å². The largest absolute Gasteiger partial charge is 0.462 e. The average molecular weight is 338 g/mol. The number of rotatable bonds is 4. The topological polar surface area (TPSA) is 95.2 Å². The van der Waals surface area contributed by atoms with Gasteiger partial charge in [0, 0.05) is 37.5 Å². The van der Waals surface area contributed by atoms with E-state index in [1.54, 1.807) is 18.5 Å². The minimum absolute atomic E-state index is 0.1000. The highest BCUT2D eigenvalue weighted by Gasteiger charge is 2.22. The molecular weight excluding hydrogens is 320 g/mol. The van der Waals surface area contributed by atoms with Crippen molar-refractivity contribution in [3.63, 3.8) is 0 Å². The highest BCUT2D eigenvalue weighted by atomic mass is 16.4. The molecule has 0 amide bonds. The van der Waals surface area contributed by atoms with Crippen molar-refractivity contribution in [1.82, 2.24) is 19.9 Å². The Hall–Kier alpha value is -2.77. The van der Waals surface area contributed by atoms with Crippen molar-refractivity contribution in [2.45, 2.75) is 26.1 Å². The van der Waals surface area contributed by atoms with Crippen LogP contribution in [0.4, 0.5) is 0 Å². The van der Waals surface area contributed by atoms with E-state index in [2.05, 4.69) is 19.9 Å². The fourth-order valence-corrected chi connectivity index (χ4v) is 3.08. The Morgan fingerprint density at radius 1 is 1.20 bits per heavy atom. The number of H-pyrrole nitrogens is 1. The number of furan rings is 1. The van der Waals surface area contributed by atoms with Crippen molar-refractivity contribution in [3.8, 4) is 11.4 Å². The van der Waals surface area contributed by atoms with Crippen LogP contribution in [0.15, 0.2) is 45.9 Å².